The number of aromatic nitrogens is 3. The molecular weight excluding hydrogens is 369 g/mol. The van der Waals surface area contributed by atoms with Gasteiger partial charge in [0.2, 0.25) is 0 Å². The second-order valence-corrected chi connectivity index (χ2v) is 7.76. The van der Waals surface area contributed by atoms with E-state index >= 15 is 0 Å². The zero-order chi connectivity index (χ0) is 20.8. The van der Waals surface area contributed by atoms with Gasteiger partial charge < -0.3 is 9.88 Å². The van der Waals surface area contributed by atoms with Gasteiger partial charge >= 0.3 is 0 Å². The number of hydrogen-bond donors (Lipinski definition) is 1. The lowest BCUT2D eigenvalue weighted by Gasteiger charge is -2.20. The third kappa shape index (κ3) is 3.25. The maximum absolute atomic E-state index is 13.6. The summed E-state index contributed by atoms with van der Waals surface area (Å²) in [5.74, 6) is 1.13. The second kappa shape index (κ2) is 6.96. The van der Waals surface area contributed by atoms with E-state index in [4.69, 9.17) is 0 Å². The molecule has 1 aliphatic rings. The fourth-order valence-electron chi connectivity index (χ4n) is 3.81. The number of benzene rings is 1. The molecule has 1 aliphatic carbocycles. The number of nitrogens with one attached hydrogen (secondary N) is 1. The van der Waals surface area contributed by atoms with Crippen LogP contribution >= 0.6 is 0 Å². The summed E-state index contributed by atoms with van der Waals surface area (Å²) in [7, 11) is 0. The maximum atomic E-state index is 13.6. The van der Waals surface area contributed by atoms with Crippen molar-refractivity contribution in [1.29, 1.82) is 5.26 Å². The van der Waals surface area contributed by atoms with Crippen LogP contribution in [0.3, 0.4) is 0 Å². The lowest BCUT2D eigenvalue weighted by Crippen LogP contribution is -2.31. The van der Waals surface area contributed by atoms with Crippen LogP contribution in [0.1, 0.15) is 48.3 Å². The lowest BCUT2D eigenvalue weighted by molar-refractivity contribution is 0.331. The van der Waals surface area contributed by atoms with E-state index in [0.717, 1.165) is 11.1 Å². The molecule has 0 saturated heterocycles. The normalized spacial score (nSPS) is 15.7. The minimum absolute atomic E-state index is 0.128. The van der Waals surface area contributed by atoms with Crippen LogP contribution in [0.25, 0.3) is 10.9 Å². The molecule has 4 rings (SSSR count). The van der Waals surface area contributed by atoms with Gasteiger partial charge in [-0.25, -0.2) is 14.4 Å². The Hall–Kier alpha value is -3.27. The average Bonchev–Trinajstić information content (AvgIpc) is 3.48. The molecule has 1 unspecified atom stereocenters. The number of fused-ring (bicyclic) bond motifs is 1. The number of anilines is 1. The molecule has 3 aromatic rings. The molecular formula is C22H22FN5O. The van der Waals surface area contributed by atoms with Crippen LogP contribution in [0.5, 0.6) is 0 Å². The Kier molecular flexibility index (Phi) is 4.58. The highest BCUT2D eigenvalue weighted by Gasteiger charge is 2.45. The number of pyridine rings is 1. The first-order valence-corrected chi connectivity index (χ1v) is 9.62. The quantitative estimate of drug-likeness (QED) is 0.713. The van der Waals surface area contributed by atoms with Crippen molar-refractivity contribution in [2.45, 2.75) is 45.2 Å². The summed E-state index contributed by atoms with van der Waals surface area (Å²) in [6, 6.07) is 9.16. The van der Waals surface area contributed by atoms with Crippen molar-refractivity contribution in [3.05, 3.63) is 63.3 Å². The van der Waals surface area contributed by atoms with Crippen LogP contribution in [0.4, 0.5) is 10.2 Å². The third-order valence-electron chi connectivity index (χ3n) is 5.75. The largest absolute Gasteiger partial charge is 0.363 e. The van der Waals surface area contributed by atoms with Gasteiger partial charge in [0, 0.05) is 12.3 Å². The molecule has 7 heteroatoms. The number of nitrogens with zero attached hydrogens (tertiary/aromatic N) is 4. The van der Waals surface area contributed by atoms with Crippen LogP contribution in [0.15, 0.2) is 35.3 Å². The first-order chi connectivity index (χ1) is 13.9. The zero-order valence-corrected chi connectivity index (χ0v) is 16.7. The van der Waals surface area contributed by atoms with Crippen LogP contribution < -0.4 is 10.9 Å². The van der Waals surface area contributed by atoms with Gasteiger partial charge in [-0.2, -0.15) is 5.26 Å². The molecule has 1 aromatic carbocycles. The zero-order valence-electron chi connectivity index (χ0n) is 16.7. The van der Waals surface area contributed by atoms with E-state index in [1.165, 1.54) is 10.6 Å². The van der Waals surface area contributed by atoms with Gasteiger partial charge in [0.15, 0.2) is 0 Å². The Morgan fingerprint density at radius 2 is 2.10 bits per heavy atom. The molecule has 148 valence electrons. The number of hydrogen-bond acceptors (Lipinski definition) is 5. The van der Waals surface area contributed by atoms with Crippen molar-refractivity contribution in [2.75, 3.05) is 12.0 Å². The van der Waals surface area contributed by atoms with Crippen LogP contribution in [0.2, 0.25) is 0 Å². The number of nitriles is 1. The molecule has 0 aliphatic heterocycles. The van der Waals surface area contributed by atoms with Crippen LogP contribution in [0, 0.1) is 25.2 Å². The van der Waals surface area contributed by atoms with Gasteiger partial charge in [0.1, 0.15) is 18.3 Å². The number of rotatable bonds is 5. The highest BCUT2D eigenvalue weighted by atomic mass is 19.1. The molecule has 1 saturated carbocycles. The Labute approximate surface area is 168 Å². The maximum Gasteiger partial charge on any atom is 0.253 e. The van der Waals surface area contributed by atoms with Crippen molar-refractivity contribution in [1.82, 2.24) is 14.5 Å². The summed E-state index contributed by atoms with van der Waals surface area (Å²) in [6.07, 6.45) is 2.99. The molecule has 0 bridgehead atoms. The van der Waals surface area contributed by atoms with Gasteiger partial charge in [-0.1, -0.05) is 12.1 Å². The Bertz CT molecular complexity index is 1210. The van der Waals surface area contributed by atoms with Crippen molar-refractivity contribution >= 4 is 16.7 Å². The van der Waals surface area contributed by atoms with E-state index in [9.17, 15) is 14.4 Å². The van der Waals surface area contributed by atoms with E-state index in [1.807, 2.05) is 26.0 Å². The summed E-state index contributed by atoms with van der Waals surface area (Å²) in [5, 5.41) is 13.4. The fourth-order valence-corrected chi connectivity index (χ4v) is 3.81. The van der Waals surface area contributed by atoms with E-state index in [-0.39, 0.29) is 11.6 Å². The van der Waals surface area contributed by atoms with Crippen molar-refractivity contribution in [3.63, 3.8) is 0 Å². The predicted octanol–water partition coefficient (Wildman–Crippen LogP) is 3.91. The number of aryl methyl sites for hydroxylation is 1. The predicted molar refractivity (Wildman–Crippen MR) is 110 cm³/mol. The van der Waals surface area contributed by atoms with Gasteiger partial charge in [0.05, 0.1) is 34.1 Å². The van der Waals surface area contributed by atoms with Crippen molar-refractivity contribution < 1.29 is 4.39 Å². The van der Waals surface area contributed by atoms with Gasteiger partial charge in [-0.3, -0.25) is 4.79 Å². The molecule has 2 heterocycles. The molecule has 6 nitrogen and oxygen atoms in total. The van der Waals surface area contributed by atoms with Crippen LogP contribution in [-0.2, 0) is 5.54 Å². The molecule has 1 fully saturated rings. The van der Waals surface area contributed by atoms with Crippen molar-refractivity contribution in [3.8, 4) is 6.07 Å². The Morgan fingerprint density at radius 1 is 1.34 bits per heavy atom. The smallest absolute Gasteiger partial charge is 0.253 e. The minimum atomic E-state index is -0.725. The summed E-state index contributed by atoms with van der Waals surface area (Å²) >= 11 is 0. The standard InChI is InChI=1S/C22H22FN5O/c1-13-16(10-24)5-4-6-17(13)14(2)25-21-18-11-28(22(12-23)7-8-22)20(29)9-19(18)26-15(3)27-21/h4-6,9,11,14H,7-8,12H2,1-3H3,(H,25,26,27). The first kappa shape index (κ1) is 19.1. The molecule has 2 aromatic heterocycles. The molecule has 0 spiro atoms. The monoisotopic (exact) mass is 391 g/mol. The summed E-state index contributed by atoms with van der Waals surface area (Å²) < 4.78 is 15.1. The molecule has 1 atom stereocenters. The van der Waals surface area contributed by atoms with Crippen molar-refractivity contribution in [2.24, 2.45) is 0 Å². The summed E-state index contributed by atoms with van der Waals surface area (Å²) in [6.45, 7) is 5.12. The van der Waals surface area contributed by atoms with E-state index in [2.05, 4.69) is 21.4 Å². The number of alkyl halides is 1. The van der Waals surface area contributed by atoms with Crippen LogP contribution in [-0.4, -0.2) is 21.2 Å². The second-order valence-electron chi connectivity index (χ2n) is 7.76. The molecule has 1 N–H and O–H groups in total. The Morgan fingerprint density at radius 3 is 2.76 bits per heavy atom. The SMILES string of the molecule is Cc1nc(NC(C)c2cccc(C#N)c2C)c2cn(C3(CF)CC3)c(=O)cc2n1. The van der Waals surface area contributed by atoms with E-state index < -0.39 is 12.2 Å². The third-order valence-corrected chi connectivity index (χ3v) is 5.75. The summed E-state index contributed by atoms with van der Waals surface area (Å²) in [5.41, 5.74) is 2.09. The topological polar surface area (TPSA) is 83.6 Å². The lowest BCUT2D eigenvalue weighted by atomic mass is 9.98. The number of halogens is 1. The Balaban J connectivity index is 1.80. The first-order valence-electron chi connectivity index (χ1n) is 9.62. The molecule has 0 amide bonds. The molecule has 0 radical (unpaired) electrons. The van der Waals surface area contributed by atoms with E-state index in [1.54, 1.807) is 19.2 Å². The fraction of sp³-hybridized carbons (Fsp3) is 0.364. The summed E-state index contributed by atoms with van der Waals surface area (Å²) in [4.78, 5) is 21.5. The van der Waals surface area contributed by atoms with E-state index in [0.29, 0.717) is 41.0 Å². The highest BCUT2D eigenvalue weighted by molar-refractivity contribution is 5.88. The minimum Gasteiger partial charge on any atom is -0.363 e. The average molecular weight is 391 g/mol. The highest BCUT2D eigenvalue weighted by Crippen LogP contribution is 2.43. The molecule has 29 heavy (non-hydrogen) atoms. The van der Waals surface area contributed by atoms with Gasteiger partial charge in [-0.15, -0.1) is 0 Å². The van der Waals surface area contributed by atoms with Gasteiger partial charge in [0.25, 0.3) is 5.56 Å². The van der Waals surface area contributed by atoms with Gasteiger partial charge in [-0.05, 0) is 50.8 Å².